The highest BCUT2D eigenvalue weighted by Crippen LogP contribution is 2.19. The van der Waals surface area contributed by atoms with Gasteiger partial charge in [-0.05, 0) is 37.1 Å². The summed E-state index contributed by atoms with van der Waals surface area (Å²) in [5, 5.41) is 4.37. The molecule has 1 unspecified atom stereocenters. The minimum Gasteiger partial charge on any atom is -0.399 e. The Morgan fingerprint density at radius 3 is 2.74 bits per heavy atom. The van der Waals surface area contributed by atoms with Gasteiger partial charge in [-0.3, -0.25) is 8.89 Å². The topological polar surface area (TPSA) is 60.9 Å². The van der Waals surface area contributed by atoms with Crippen molar-refractivity contribution in [3.05, 3.63) is 41.2 Å². The third-order valence-corrected chi connectivity index (χ3v) is 4.61. The molecule has 2 N–H and O–H groups in total. The molecular weight excluding hydrogens is 258 g/mol. The van der Waals surface area contributed by atoms with E-state index in [1.807, 2.05) is 32.2 Å². The average molecular weight is 277 g/mol. The molecule has 1 atom stereocenters. The molecule has 1 aromatic heterocycles. The van der Waals surface area contributed by atoms with Crippen LogP contribution < -0.4 is 5.73 Å². The van der Waals surface area contributed by atoms with Gasteiger partial charge in [0.25, 0.3) is 0 Å². The lowest BCUT2D eigenvalue weighted by atomic mass is 10.2. The van der Waals surface area contributed by atoms with Crippen molar-refractivity contribution in [1.82, 2.24) is 9.78 Å². The van der Waals surface area contributed by atoms with E-state index in [0.29, 0.717) is 11.4 Å². The number of aryl methyl sites for hydroxylation is 3. The van der Waals surface area contributed by atoms with Crippen molar-refractivity contribution in [3.63, 3.8) is 0 Å². The Morgan fingerprint density at radius 1 is 1.37 bits per heavy atom. The van der Waals surface area contributed by atoms with Gasteiger partial charge in [-0.2, -0.15) is 5.10 Å². The van der Waals surface area contributed by atoms with E-state index >= 15 is 0 Å². The molecule has 1 heterocycles. The van der Waals surface area contributed by atoms with Gasteiger partial charge in [0.2, 0.25) is 0 Å². The van der Waals surface area contributed by atoms with Crippen LogP contribution in [0.1, 0.15) is 23.9 Å². The first-order chi connectivity index (χ1) is 9.01. The van der Waals surface area contributed by atoms with Crippen molar-refractivity contribution in [1.29, 1.82) is 0 Å². The molecule has 0 fully saturated rings. The van der Waals surface area contributed by atoms with Gasteiger partial charge in [-0.25, -0.2) is 0 Å². The average Bonchev–Trinajstić information content (AvgIpc) is 2.73. The number of hydrogen-bond donors (Lipinski definition) is 1. The van der Waals surface area contributed by atoms with Gasteiger partial charge in [-0.1, -0.05) is 13.0 Å². The van der Waals surface area contributed by atoms with Gasteiger partial charge in [-0.15, -0.1) is 0 Å². The van der Waals surface area contributed by atoms with Crippen LogP contribution in [0.5, 0.6) is 0 Å². The quantitative estimate of drug-likeness (QED) is 0.871. The van der Waals surface area contributed by atoms with E-state index in [1.165, 1.54) is 0 Å². The maximum Gasteiger partial charge on any atom is 0.0702 e. The number of hydrogen-bond acceptors (Lipinski definition) is 3. The summed E-state index contributed by atoms with van der Waals surface area (Å²) in [6.45, 7) is 4.01. The summed E-state index contributed by atoms with van der Waals surface area (Å²) in [6.07, 6.45) is 0.887. The third-order valence-electron chi connectivity index (χ3n) is 3.13. The molecule has 0 saturated carbocycles. The normalized spacial score (nSPS) is 12.6. The van der Waals surface area contributed by atoms with Gasteiger partial charge >= 0.3 is 0 Å². The minimum atomic E-state index is -1.10. The highest BCUT2D eigenvalue weighted by molar-refractivity contribution is 7.84. The monoisotopic (exact) mass is 277 g/mol. The van der Waals surface area contributed by atoms with Crippen LogP contribution in [-0.4, -0.2) is 14.0 Å². The van der Waals surface area contributed by atoms with E-state index in [1.54, 1.807) is 10.7 Å². The van der Waals surface area contributed by atoms with Crippen LogP contribution in [0.15, 0.2) is 29.2 Å². The summed E-state index contributed by atoms with van der Waals surface area (Å²) in [7, 11) is 0.791. The Morgan fingerprint density at radius 2 is 2.11 bits per heavy atom. The summed E-state index contributed by atoms with van der Waals surface area (Å²) < 4.78 is 14.3. The summed E-state index contributed by atoms with van der Waals surface area (Å²) in [4.78, 5) is 0.805. The number of anilines is 1. The molecular formula is C14H19N3OS. The SMILES string of the molecule is CCc1cc(CS(=O)c2cc(N)ccc2C)n(C)n1. The molecule has 0 aliphatic heterocycles. The summed E-state index contributed by atoms with van der Waals surface area (Å²) in [6, 6.07) is 7.54. The molecule has 2 aromatic rings. The molecule has 0 bridgehead atoms. The van der Waals surface area contributed by atoms with E-state index in [0.717, 1.165) is 28.3 Å². The van der Waals surface area contributed by atoms with E-state index in [4.69, 9.17) is 5.73 Å². The molecule has 2 rings (SSSR count). The van der Waals surface area contributed by atoms with Gasteiger partial charge in [0.15, 0.2) is 0 Å². The van der Waals surface area contributed by atoms with Crippen LogP contribution in [-0.2, 0) is 30.0 Å². The summed E-state index contributed by atoms with van der Waals surface area (Å²) >= 11 is 0. The fourth-order valence-electron chi connectivity index (χ4n) is 1.95. The van der Waals surface area contributed by atoms with Crippen LogP contribution in [0.25, 0.3) is 0 Å². The standard InChI is InChI=1S/C14H19N3OS/c1-4-12-8-13(17(3)16-12)9-19(18)14-7-11(15)6-5-10(14)2/h5-8H,4,9,15H2,1-3H3. The Kier molecular flexibility index (Phi) is 4.04. The van der Waals surface area contributed by atoms with E-state index < -0.39 is 10.8 Å². The molecule has 0 saturated heterocycles. The van der Waals surface area contributed by atoms with Crippen molar-refractivity contribution >= 4 is 16.5 Å². The third kappa shape index (κ3) is 3.04. The molecule has 19 heavy (non-hydrogen) atoms. The predicted octanol–water partition coefficient (Wildman–Crippen LogP) is 2.18. The van der Waals surface area contributed by atoms with Crippen LogP contribution >= 0.6 is 0 Å². The number of nitrogens with zero attached hydrogens (tertiary/aromatic N) is 2. The molecule has 0 amide bonds. The highest BCUT2D eigenvalue weighted by atomic mass is 32.2. The molecule has 1 aromatic carbocycles. The Hall–Kier alpha value is -1.62. The predicted molar refractivity (Wildman–Crippen MR) is 78.3 cm³/mol. The second kappa shape index (κ2) is 5.57. The van der Waals surface area contributed by atoms with Crippen molar-refractivity contribution < 1.29 is 4.21 Å². The zero-order valence-electron chi connectivity index (χ0n) is 11.5. The van der Waals surface area contributed by atoms with E-state index in [9.17, 15) is 4.21 Å². The van der Waals surface area contributed by atoms with E-state index in [2.05, 4.69) is 12.0 Å². The molecule has 0 spiro atoms. The number of rotatable bonds is 4. The van der Waals surface area contributed by atoms with Gasteiger partial charge < -0.3 is 5.73 Å². The maximum atomic E-state index is 12.5. The number of benzene rings is 1. The Bertz CT molecular complexity index is 619. The van der Waals surface area contributed by atoms with Crippen molar-refractivity contribution in [2.75, 3.05) is 5.73 Å². The lowest BCUT2D eigenvalue weighted by molar-refractivity contribution is 0.675. The van der Waals surface area contributed by atoms with Crippen LogP contribution in [0, 0.1) is 6.92 Å². The highest BCUT2D eigenvalue weighted by Gasteiger charge is 2.12. The summed E-state index contributed by atoms with van der Waals surface area (Å²) in [5.74, 6) is 0.466. The van der Waals surface area contributed by atoms with Gasteiger partial charge in [0.05, 0.1) is 27.9 Å². The fraction of sp³-hybridized carbons (Fsp3) is 0.357. The molecule has 0 aliphatic rings. The first-order valence-corrected chi connectivity index (χ1v) is 7.59. The van der Waals surface area contributed by atoms with Crippen LogP contribution in [0.3, 0.4) is 0 Å². The zero-order chi connectivity index (χ0) is 14.0. The Labute approximate surface area is 116 Å². The van der Waals surface area contributed by atoms with Crippen LogP contribution in [0.4, 0.5) is 5.69 Å². The van der Waals surface area contributed by atoms with E-state index in [-0.39, 0.29) is 0 Å². The smallest absolute Gasteiger partial charge is 0.0702 e. The fourth-order valence-corrected chi connectivity index (χ4v) is 3.34. The van der Waals surface area contributed by atoms with Crippen molar-refractivity contribution in [2.45, 2.75) is 30.9 Å². The van der Waals surface area contributed by atoms with Crippen molar-refractivity contribution in [3.8, 4) is 0 Å². The molecule has 0 aliphatic carbocycles. The lowest BCUT2D eigenvalue weighted by Crippen LogP contribution is -2.04. The second-order valence-corrected chi connectivity index (χ2v) is 6.04. The summed E-state index contributed by atoms with van der Waals surface area (Å²) in [5.41, 5.74) is 9.42. The first-order valence-electron chi connectivity index (χ1n) is 6.27. The largest absolute Gasteiger partial charge is 0.399 e. The molecule has 102 valence electrons. The zero-order valence-corrected chi connectivity index (χ0v) is 12.3. The first kappa shape index (κ1) is 13.8. The van der Waals surface area contributed by atoms with Crippen LogP contribution in [0.2, 0.25) is 0 Å². The Balaban J connectivity index is 2.25. The number of aromatic nitrogens is 2. The molecule has 4 nitrogen and oxygen atoms in total. The molecule has 0 radical (unpaired) electrons. The lowest BCUT2D eigenvalue weighted by Gasteiger charge is -2.07. The van der Waals surface area contributed by atoms with Gasteiger partial charge in [0.1, 0.15) is 0 Å². The van der Waals surface area contributed by atoms with Gasteiger partial charge in [0, 0.05) is 17.6 Å². The maximum absolute atomic E-state index is 12.5. The number of nitrogens with two attached hydrogens (primary N) is 1. The van der Waals surface area contributed by atoms with Crippen molar-refractivity contribution in [2.24, 2.45) is 7.05 Å². The minimum absolute atomic E-state index is 0.466. The molecule has 5 heteroatoms. The number of nitrogen functional groups attached to an aromatic ring is 1. The second-order valence-electron chi connectivity index (χ2n) is 4.62.